The van der Waals surface area contributed by atoms with Crippen molar-refractivity contribution in [2.45, 2.75) is 62.3 Å². The highest BCUT2D eigenvalue weighted by molar-refractivity contribution is 7.22. The number of piperazine rings is 1. The number of hydrogen-bond acceptors (Lipinski definition) is 9. The third-order valence-corrected chi connectivity index (χ3v) is 10.9. The topological polar surface area (TPSA) is 92.4 Å². The maximum atomic E-state index is 16.8. The molecule has 0 spiro atoms. The molecule has 226 valence electrons. The van der Waals surface area contributed by atoms with Gasteiger partial charge in [0, 0.05) is 54.7 Å². The van der Waals surface area contributed by atoms with E-state index in [1.165, 1.54) is 12.1 Å². The number of nitrogen functional groups attached to an aromatic ring is 1. The maximum Gasteiger partial charge on any atom is 0.319 e. The normalized spacial score (nSPS) is 27.3. The third kappa shape index (κ3) is 4.43. The Bertz CT molecular complexity index is 1730. The molecule has 13 heteroatoms. The van der Waals surface area contributed by atoms with Crippen LogP contribution in [0.25, 0.3) is 32.2 Å². The summed E-state index contributed by atoms with van der Waals surface area (Å²) in [6.07, 6.45) is 4.39. The first-order valence-corrected chi connectivity index (χ1v) is 16.1. The lowest BCUT2D eigenvalue weighted by atomic mass is 9.91. The van der Waals surface area contributed by atoms with Crippen LogP contribution in [-0.2, 0) is 0 Å². The molecule has 8 nitrogen and oxygen atoms in total. The van der Waals surface area contributed by atoms with Gasteiger partial charge in [0.1, 0.15) is 29.9 Å². The smallest absolute Gasteiger partial charge is 0.319 e. The molecule has 2 aromatic carbocycles. The molecule has 2 unspecified atom stereocenters. The van der Waals surface area contributed by atoms with E-state index in [9.17, 15) is 8.78 Å². The third-order valence-electron chi connectivity index (χ3n) is 9.72. The highest BCUT2D eigenvalue weighted by atomic mass is 35.5. The van der Waals surface area contributed by atoms with E-state index in [4.69, 9.17) is 27.1 Å². The Morgan fingerprint density at radius 1 is 1.12 bits per heavy atom. The average molecular weight is 630 g/mol. The Kier molecular flexibility index (Phi) is 6.63. The zero-order valence-corrected chi connectivity index (χ0v) is 25.0. The van der Waals surface area contributed by atoms with Gasteiger partial charge in [0.2, 0.25) is 0 Å². The van der Waals surface area contributed by atoms with Crippen LogP contribution < -0.4 is 20.7 Å². The molecule has 2 bridgehead atoms. The predicted octanol–water partition coefficient (Wildman–Crippen LogP) is 5.71. The molecule has 4 fully saturated rings. The number of rotatable bonds is 5. The van der Waals surface area contributed by atoms with Gasteiger partial charge in [0.05, 0.1) is 20.8 Å². The molecule has 43 heavy (non-hydrogen) atoms. The minimum atomic E-state index is -0.897. The summed E-state index contributed by atoms with van der Waals surface area (Å²) in [7, 11) is 0. The van der Waals surface area contributed by atoms with Crippen molar-refractivity contribution in [3.8, 4) is 17.1 Å². The Morgan fingerprint density at radius 3 is 2.74 bits per heavy atom. The van der Waals surface area contributed by atoms with Gasteiger partial charge in [-0.05, 0) is 56.8 Å². The second-order valence-corrected chi connectivity index (χ2v) is 13.7. The highest BCUT2D eigenvalue weighted by Gasteiger charge is 2.49. The number of alkyl halides is 1. The number of fused-ring (bicyclic) bond motifs is 5. The van der Waals surface area contributed by atoms with Gasteiger partial charge in [-0.2, -0.15) is 9.97 Å². The summed E-state index contributed by atoms with van der Waals surface area (Å²) >= 11 is 7.83. The number of ether oxygens (including phenoxy) is 1. The molecule has 4 saturated heterocycles. The standard InChI is InChI=1S/C30H31ClF3N7OS/c31-20-9-19-24(23(34)22(20)18-5-6-21(33)26-25(18)37-28(35)43-26)38-29(42-14-30-7-2-8-40(30)13-15(32)10-30)39-27(19)41-16-3-1-4-17(41)12-36-11-16/h5-6,9,15-17,36H,1-4,7-8,10-14H2,(H2,35,37)/t15-,16?,17?,30+/m1/s1. The lowest BCUT2D eigenvalue weighted by Crippen LogP contribution is -2.60. The van der Waals surface area contributed by atoms with Gasteiger partial charge >= 0.3 is 6.01 Å². The van der Waals surface area contributed by atoms with Crippen molar-refractivity contribution in [3.05, 3.63) is 34.9 Å². The quantitative estimate of drug-likeness (QED) is 0.290. The highest BCUT2D eigenvalue weighted by Crippen LogP contribution is 2.45. The van der Waals surface area contributed by atoms with Gasteiger partial charge in [-0.3, -0.25) is 4.90 Å². The minimum Gasteiger partial charge on any atom is -0.461 e. The molecule has 3 N–H and O–H groups in total. The van der Waals surface area contributed by atoms with Crippen LogP contribution in [0.15, 0.2) is 18.2 Å². The Hall–Kier alpha value is -2.93. The number of benzene rings is 2. The van der Waals surface area contributed by atoms with Gasteiger partial charge in [-0.15, -0.1) is 0 Å². The molecular formula is C30H31ClF3N7OS. The molecular weight excluding hydrogens is 599 g/mol. The Labute approximate surface area is 255 Å². The van der Waals surface area contributed by atoms with E-state index >= 15 is 4.39 Å². The van der Waals surface area contributed by atoms with Crippen LogP contribution in [-0.4, -0.2) is 76.4 Å². The van der Waals surface area contributed by atoms with Crippen LogP contribution >= 0.6 is 22.9 Å². The number of halogens is 4. The van der Waals surface area contributed by atoms with Crippen LogP contribution in [0.4, 0.5) is 24.1 Å². The molecule has 4 atom stereocenters. The molecule has 0 saturated carbocycles. The van der Waals surface area contributed by atoms with Crippen LogP contribution in [0.1, 0.15) is 38.5 Å². The fourth-order valence-electron chi connectivity index (χ4n) is 7.84. The number of thiazole rings is 1. The van der Waals surface area contributed by atoms with E-state index in [2.05, 4.69) is 25.1 Å². The van der Waals surface area contributed by atoms with E-state index in [-0.39, 0.29) is 56.2 Å². The van der Waals surface area contributed by atoms with Crippen LogP contribution in [0.3, 0.4) is 0 Å². The summed E-state index contributed by atoms with van der Waals surface area (Å²) in [5.74, 6) is -0.569. The van der Waals surface area contributed by atoms with Crippen molar-refractivity contribution >= 4 is 55.0 Å². The first-order valence-electron chi connectivity index (χ1n) is 14.9. The van der Waals surface area contributed by atoms with E-state index in [0.29, 0.717) is 29.7 Å². The summed E-state index contributed by atoms with van der Waals surface area (Å²) in [5, 5.41) is 4.31. The molecule has 6 heterocycles. The Morgan fingerprint density at radius 2 is 1.93 bits per heavy atom. The summed E-state index contributed by atoms with van der Waals surface area (Å²) in [6, 6.07) is 4.84. The molecule has 0 amide bonds. The van der Waals surface area contributed by atoms with Crippen molar-refractivity contribution in [3.63, 3.8) is 0 Å². The van der Waals surface area contributed by atoms with E-state index in [1.54, 1.807) is 6.07 Å². The second-order valence-electron chi connectivity index (χ2n) is 12.3. The lowest BCUT2D eigenvalue weighted by molar-refractivity contribution is 0.107. The molecule has 0 aliphatic carbocycles. The predicted molar refractivity (Wildman–Crippen MR) is 163 cm³/mol. The summed E-state index contributed by atoms with van der Waals surface area (Å²) < 4.78 is 52.4. The number of anilines is 2. The SMILES string of the molecule is Nc1nc2c(-c3c(Cl)cc4c(N5C6CCCC5CNC6)nc(OC[C@@]56CCCN5C[C@H](F)C6)nc4c3F)ccc(F)c2s1. The van der Waals surface area contributed by atoms with Gasteiger partial charge in [0.15, 0.2) is 10.9 Å². The van der Waals surface area contributed by atoms with Crippen molar-refractivity contribution in [1.82, 2.24) is 25.2 Å². The fourth-order valence-corrected chi connectivity index (χ4v) is 8.90. The van der Waals surface area contributed by atoms with E-state index in [0.717, 1.165) is 63.1 Å². The van der Waals surface area contributed by atoms with Gasteiger partial charge in [-0.1, -0.05) is 22.9 Å². The van der Waals surface area contributed by atoms with Crippen molar-refractivity contribution in [2.75, 3.05) is 43.4 Å². The van der Waals surface area contributed by atoms with Gasteiger partial charge in [0.25, 0.3) is 0 Å². The number of aromatic nitrogens is 3. The second kappa shape index (κ2) is 10.3. The van der Waals surface area contributed by atoms with Crippen LogP contribution in [0.2, 0.25) is 5.02 Å². The zero-order valence-electron chi connectivity index (χ0n) is 23.4. The molecule has 0 radical (unpaired) electrons. The first-order chi connectivity index (χ1) is 20.8. The number of nitrogens with zero attached hydrogens (tertiary/aromatic N) is 5. The lowest BCUT2D eigenvalue weighted by Gasteiger charge is -2.47. The van der Waals surface area contributed by atoms with Crippen molar-refractivity contribution < 1.29 is 17.9 Å². The Balaban J connectivity index is 1.29. The molecule has 4 aliphatic heterocycles. The van der Waals surface area contributed by atoms with Crippen LogP contribution in [0.5, 0.6) is 6.01 Å². The van der Waals surface area contributed by atoms with Crippen molar-refractivity contribution in [1.29, 1.82) is 0 Å². The number of nitrogens with two attached hydrogens (primary N) is 1. The number of nitrogens with one attached hydrogen (secondary N) is 1. The molecule has 8 rings (SSSR count). The zero-order chi connectivity index (χ0) is 29.5. The number of hydrogen-bond donors (Lipinski definition) is 2. The fraction of sp³-hybridized carbons (Fsp3) is 0.500. The largest absolute Gasteiger partial charge is 0.461 e. The number of piperidine rings is 1. The summed E-state index contributed by atoms with van der Waals surface area (Å²) in [5.41, 5.74) is 6.21. The van der Waals surface area contributed by atoms with Crippen molar-refractivity contribution in [2.24, 2.45) is 0 Å². The monoisotopic (exact) mass is 629 g/mol. The van der Waals surface area contributed by atoms with Gasteiger partial charge < -0.3 is 20.7 Å². The summed E-state index contributed by atoms with van der Waals surface area (Å²) in [6.45, 7) is 3.05. The average Bonchev–Trinajstić information content (AvgIpc) is 3.64. The molecule has 2 aromatic heterocycles. The van der Waals surface area contributed by atoms with Gasteiger partial charge in [-0.25, -0.2) is 18.2 Å². The maximum absolute atomic E-state index is 16.8. The first kappa shape index (κ1) is 27.6. The molecule has 4 aromatic rings. The minimum absolute atomic E-state index is 0.0527. The summed E-state index contributed by atoms with van der Waals surface area (Å²) in [4.78, 5) is 18.2. The van der Waals surface area contributed by atoms with E-state index < -0.39 is 23.3 Å². The molecule has 4 aliphatic rings. The van der Waals surface area contributed by atoms with Crippen LogP contribution in [0, 0.1) is 11.6 Å². The van der Waals surface area contributed by atoms with E-state index in [1.807, 2.05) is 0 Å².